The predicted molar refractivity (Wildman–Crippen MR) is 272 cm³/mol. The average molecular weight is 1000 g/mol. The van der Waals surface area contributed by atoms with Crippen molar-refractivity contribution in [2.24, 2.45) is 0 Å². The van der Waals surface area contributed by atoms with Crippen molar-refractivity contribution in [2.75, 3.05) is 27.9 Å². The van der Waals surface area contributed by atoms with Crippen LogP contribution in [0, 0.1) is 0 Å². The molecule has 3 saturated heterocycles. The molecule has 0 radical (unpaired) electrons. The molecule has 72 heavy (non-hydrogen) atoms. The Hall–Kier alpha value is -4.65. The third kappa shape index (κ3) is 10.5. The molecular formula is C58H70O13Si. The summed E-state index contributed by atoms with van der Waals surface area (Å²) in [6, 6.07) is 49.4. The molecule has 384 valence electrons. The number of carbonyl (C=O) groups excluding carboxylic acids is 1. The zero-order chi connectivity index (χ0) is 50.4. The van der Waals surface area contributed by atoms with E-state index < -0.39 is 87.3 Å². The SMILES string of the molecule is CO[C@H]1O[C@H](CO[Si](c2ccccc2)(c2ccccc2)C(C)(C)C)[C@H]2O[C@@]3(OC)CCCC[C@]3(OC)O[C@@H]2[C@@H]1O[C@@H]1O[C@@H](C)[C@H](OCc2ccccc2)[C@@H](OC(=O)c2ccccc2)[C@H]1OCc1ccccc1. The number of ether oxygens (including phenoxy) is 11. The molecule has 4 fully saturated rings. The molecule has 0 amide bonds. The number of carbonyl (C=O) groups is 1. The second-order valence-corrected chi connectivity index (χ2v) is 24.4. The predicted octanol–water partition coefficient (Wildman–Crippen LogP) is 8.50. The van der Waals surface area contributed by atoms with Gasteiger partial charge in [-0.3, -0.25) is 0 Å². The van der Waals surface area contributed by atoms with Gasteiger partial charge in [0, 0.05) is 34.2 Å². The molecule has 1 aliphatic carbocycles. The van der Waals surface area contributed by atoms with Crippen LogP contribution in [-0.4, -0.2) is 115 Å². The Bertz CT molecular complexity index is 2430. The van der Waals surface area contributed by atoms with Crippen LogP contribution in [0.5, 0.6) is 0 Å². The summed E-state index contributed by atoms with van der Waals surface area (Å²) in [4.78, 5) is 14.2. The van der Waals surface area contributed by atoms with Crippen molar-refractivity contribution < 1.29 is 61.3 Å². The van der Waals surface area contributed by atoms with Crippen molar-refractivity contribution in [1.29, 1.82) is 0 Å². The van der Waals surface area contributed by atoms with Crippen LogP contribution in [0.25, 0.3) is 0 Å². The molecular weight excluding hydrogens is 933 g/mol. The van der Waals surface area contributed by atoms with Crippen LogP contribution in [0.3, 0.4) is 0 Å². The van der Waals surface area contributed by atoms with Gasteiger partial charge in [0.05, 0.1) is 31.5 Å². The highest BCUT2D eigenvalue weighted by molar-refractivity contribution is 6.99. The molecule has 4 aliphatic rings. The molecule has 5 aromatic rings. The Morgan fingerprint density at radius 2 is 1.08 bits per heavy atom. The van der Waals surface area contributed by atoms with Gasteiger partial charge >= 0.3 is 5.97 Å². The van der Waals surface area contributed by atoms with E-state index in [2.05, 4.69) is 69.3 Å². The smallest absolute Gasteiger partial charge is 0.338 e. The number of hydrogen-bond donors (Lipinski definition) is 0. The molecule has 1 saturated carbocycles. The Balaban J connectivity index is 1.10. The van der Waals surface area contributed by atoms with Gasteiger partial charge in [-0.1, -0.05) is 160 Å². The number of esters is 1. The van der Waals surface area contributed by atoms with Crippen molar-refractivity contribution in [3.63, 3.8) is 0 Å². The van der Waals surface area contributed by atoms with Crippen LogP contribution in [0.4, 0.5) is 0 Å². The monoisotopic (exact) mass is 1000 g/mol. The lowest BCUT2D eigenvalue weighted by molar-refractivity contribution is -0.501. The van der Waals surface area contributed by atoms with Gasteiger partial charge in [-0.2, -0.15) is 0 Å². The number of rotatable bonds is 18. The Labute approximate surface area is 425 Å². The lowest BCUT2D eigenvalue weighted by atomic mass is 9.83. The van der Waals surface area contributed by atoms with Crippen LogP contribution in [0.15, 0.2) is 152 Å². The molecule has 14 heteroatoms. The highest BCUT2D eigenvalue weighted by Gasteiger charge is 2.68. The first-order chi connectivity index (χ1) is 34.9. The molecule has 0 unspecified atom stereocenters. The Kier molecular flexibility index (Phi) is 16.6. The molecule has 0 aromatic heterocycles. The summed E-state index contributed by atoms with van der Waals surface area (Å²) in [6.45, 7) is 9.08. The van der Waals surface area contributed by atoms with Gasteiger partial charge in [0.25, 0.3) is 8.32 Å². The fourth-order valence-corrected chi connectivity index (χ4v) is 15.7. The maximum Gasteiger partial charge on any atom is 0.338 e. The van der Waals surface area contributed by atoms with E-state index in [-0.39, 0.29) is 24.9 Å². The summed E-state index contributed by atoms with van der Waals surface area (Å²) in [5.74, 6) is -3.16. The molecule has 0 bridgehead atoms. The Morgan fingerprint density at radius 1 is 0.597 bits per heavy atom. The summed E-state index contributed by atoms with van der Waals surface area (Å²) >= 11 is 0. The zero-order valence-corrected chi connectivity index (χ0v) is 43.5. The van der Waals surface area contributed by atoms with Crippen molar-refractivity contribution in [2.45, 2.75) is 145 Å². The number of benzene rings is 5. The first-order valence-electron chi connectivity index (χ1n) is 25.2. The molecule has 0 spiro atoms. The first kappa shape index (κ1) is 52.2. The van der Waals surface area contributed by atoms with Crippen LogP contribution in [0.2, 0.25) is 5.04 Å². The molecule has 5 aromatic carbocycles. The number of methoxy groups -OCH3 is 3. The zero-order valence-electron chi connectivity index (χ0n) is 42.5. The van der Waals surface area contributed by atoms with E-state index in [1.807, 2.05) is 85.8 Å². The fraction of sp³-hybridized carbons (Fsp3) is 0.466. The van der Waals surface area contributed by atoms with Gasteiger partial charge in [0.1, 0.15) is 36.6 Å². The largest absolute Gasteiger partial charge is 0.453 e. The third-order valence-corrected chi connectivity index (χ3v) is 19.7. The van der Waals surface area contributed by atoms with E-state index in [4.69, 9.17) is 56.5 Å². The molecule has 12 atom stereocenters. The third-order valence-electron chi connectivity index (χ3n) is 14.7. The quantitative estimate of drug-likeness (QED) is 0.0616. The number of hydrogen-bond acceptors (Lipinski definition) is 13. The summed E-state index contributed by atoms with van der Waals surface area (Å²) in [5, 5.41) is 1.92. The lowest BCUT2D eigenvalue weighted by Gasteiger charge is -2.61. The summed E-state index contributed by atoms with van der Waals surface area (Å²) < 4.78 is 82.5. The number of fused-ring (bicyclic) bond motifs is 2. The molecule has 0 N–H and O–H groups in total. The lowest BCUT2D eigenvalue weighted by Crippen LogP contribution is -2.76. The fourth-order valence-electron chi connectivity index (χ4n) is 11.1. The first-order valence-corrected chi connectivity index (χ1v) is 27.1. The summed E-state index contributed by atoms with van der Waals surface area (Å²) in [6.07, 6.45) is -6.64. The second kappa shape index (κ2) is 22.9. The standard InChI is InChI=1S/C58H70O13Si/c1-40-47(63-37-41-25-13-8-14-26-41)49(68-53(59)43-29-17-10-18-30-43)51(64-38-42-27-15-9-16-28-42)55(66-40)69-52-50-48(70-57(61-6)35-23-24-36-58(57,62-7)71-50)46(67-54(52)60-5)39-65-72(56(2,3)4,44-31-19-11-20-32-44)45-33-21-12-22-34-45/h8-22,25-34,40,46-52,54-55H,23-24,35-39H2,1-7H3/t40-,46+,47-,48+,49+,50-,51+,52-,54-,55-,57-,58-/m0/s1. The topological polar surface area (TPSA) is 128 Å². The Morgan fingerprint density at radius 3 is 1.58 bits per heavy atom. The van der Waals surface area contributed by atoms with E-state index >= 15 is 0 Å². The van der Waals surface area contributed by atoms with Crippen LogP contribution in [-0.2, 0) is 69.7 Å². The van der Waals surface area contributed by atoms with E-state index in [9.17, 15) is 4.79 Å². The van der Waals surface area contributed by atoms with E-state index in [0.29, 0.717) is 18.4 Å². The summed E-state index contributed by atoms with van der Waals surface area (Å²) in [5.41, 5.74) is 2.21. The van der Waals surface area contributed by atoms with Gasteiger partial charge < -0.3 is 56.5 Å². The maximum atomic E-state index is 14.2. The summed E-state index contributed by atoms with van der Waals surface area (Å²) in [7, 11) is 1.74. The van der Waals surface area contributed by atoms with Crippen molar-refractivity contribution >= 4 is 24.7 Å². The van der Waals surface area contributed by atoms with Gasteiger partial charge in [0.2, 0.25) is 11.6 Å². The average Bonchev–Trinajstić information content (AvgIpc) is 3.41. The van der Waals surface area contributed by atoms with Crippen molar-refractivity contribution in [3.05, 3.63) is 168 Å². The van der Waals surface area contributed by atoms with Crippen molar-refractivity contribution in [1.82, 2.24) is 0 Å². The van der Waals surface area contributed by atoms with Crippen molar-refractivity contribution in [3.8, 4) is 0 Å². The van der Waals surface area contributed by atoms with E-state index in [0.717, 1.165) is 34.3 Å². The minimum absolute atomic E-state index is 0.113. The van der Waals surface area contributed by atoms with E-state index in [1.165, 1.54) is 0 Å². The second-order valence-electron chi connectivity index (χ2n) is 20.1. The maximum absolute atomic E-state index is 14.2. The molecule has 13 nitrogen and oxygen atoms in total. The molecule has 3 aliphatic heterocycles. The van der Waals surface area contributed by atoms with Crippen LogP contribution < -0.4 is 10.4 Å². The minimum atomic E-state index is -3.09. The van der Waals surface area contributed by atoms with E-state index in [1.54, 1.807) is 45.6 Å². The highest BCUT2D eigenvalue weighted by atomic mass is 28.4. The highest BCUT2D eigenvalue weighted by Crippen LogP contribution is 2.52. The van der Waals surface area contributed by atoms with Gasteiger partial charge in [-0.05, 0) is 58.4 Å². The minimum Gasteiger partial charge on any atom is -0.453 e. The molecule has 3 heterocycles. The van der Waals surface area contributed by atoms with Gasteiger partial charge in [-0.15, -0.1) is 0 Å². The van der Waals surface area contributed by atoms with Gasteiger partial charge in [-0.25, -0.2) is 4.79 Å². The van der Waals surface area contributed by atoms with Gasteiger partial charge in [0.15, 0.2) is 18.7 Å². The normalized spacial score (nSPS) is 30.7. The van der Waals surface area contributed by atoms with Crippen LogP contribution in [0.1, 0.15) is 74.9 Å². The molecule has 9 rings (SSSR count). The van der Waals surface area contributed by atoms with Crippen LogP contribution >= 0.6 is 0 Å².